The van der Waals surface area contributed by atoms with Crippen molar-refractivity contribution in [3.63, 3.8) is 0 Å². The van der Waals surface area contributed by atoms with Crippen LogP contribution in [0.2, 0.25) is 0 Å². The van der Waals surface area contributed by atoms with Gasteiger partial charge in [0, 0.05) is 30.1 Å². The van der Waals surface area contributed by atoms with E-state index in [1.807, 2.05) is 5.32 Å². The molecule has 4 rings (SSSR count). The summed E-state index contributed by atoms with van der Waals surface area (Å²) < 4.78 is 79.9. The molecule has 0 radical (unpaired) electrons. The van der Waals surface area contributed by atoms with E-state index in [0.717, 1.165) is 0 Å². The Morgan fingerprint density at radius 2 is 1.85 bits per heavy atom. The average Bonchev–Trinajstić information content (AvgIpc) is 3.38. The molecule has 1 unspecified atom stereocenters. The Labute approximate surface area is 187 Å². The molecule has 0 saturated heterocycles. The number of ether oxygens (including phenoxy) is 2. The zero-order valence-corrected chi connectivity index (χ0v) is 17.2. The number of rotatable bonds is 6. The molecular formula is C21H15F5N4O4. The lowest BCUT2D eigenvalue weighted by Gasteiger charge is -2.14. The Morgan fingerprint density at radius 3 is 2.47 bits per heavy atom. The maximum atomic E-state index is 14.6. The second-order valence-corrected chi connectivity index (χ2v) is 7.32. The van der Waals surface area contributed by atoms with E-state index in [9.17, 15) is 31.5 Å². The third kappa shape index (κ3) is 4.23. The van der Waals surface area contributed by atoms with Crippen molar-refractivity contribution in [1.82, 2.24) is 10.3 Å². The fourth-order valence-electron chi connectivity index (χ4n) is 3.16. The maximum Gasteiger partial charge on any atom is 0.319 e. The maximum absolute atomic E-state index is 14.6. The van der Waals surface area contributed by atoms with E-state index in [1.54, 1.807) is 5.32 Å². The number of methoxy groups -OCH3 is 1. The largest absolute Gasteiger partial charge is 0.496 e. The summed E-state index contributed by atoms with van der Waals surface area (Å²) in [5, 5.41) is 3.76. The summed E-state index contributed by atoms with van der Waals surface area (Å²) in [6.07, 6.45) is 0.642. The Balaban J connectivity index is 1.65. The van der Waals surface area contributed by atoms with Gasteiger partial charge in [-0.05, 0) is 12.1 Å². The number of primary amides is 1. The quantitative estimate of drug-likeness (QED) is 0.362. The molecule has 34 heavy (non-hydrogen) atoms. The molecule has 0 spiro atoms. The monoisotopic (exact) mass is 482 g/mol. The summed E-state index contributed by atoms with van der Waals surface area (Å²) in [5.74, 6) is -10.1. The van der Waals surface area contributed by atoms with Gasteiger partial charge < -0.3 is 25.8 Å². The fraction of sp³-hybridized carbons (Fsp3) is 0.190. The van der Waals surface area contributed by atoms with Crippen molar-refractivity contribution in [2.75, 3.05) is 12.4 Å². The average molecular weight is 482 g/mol. The summed E-state index contributed by atoms with van der Waals surface area (Å²) in [4.78, 5) is 27.5. The molecule has 8 nitrogen and oxygen atoms in total. The number of urea groups is 1. The van der Waals surface area contributed by atoms with Gasteiger partial charge in [-0.3, -0.25) is 9.78 Å². The first kappa shape index (κ1) is 23.0. The van der Waals surface area contributed by atoms with Gasteiger partial charge in [-0.1, -0.05) is 0 Å². The third-order valence-corrected chi connectivity index (χ3v) is 5.00. The van der Waals surface area contributed by atoms with Crippen LogP contribution in [-0.2, 0) is 0 Å². The Kier molecular flexibility index (Phi) is 5.63. The topological polar surface area (TPSA) is 116 Å². The first-order valence-electron chi connectivity index (χ1n) is 9.59. The van der Waals surface area contributed by atoms with Crippen LogP contribution in [0.3, 0.4) is 0 Å². The van der Waals surface area contributed by atoms with Gasteiger partial charge in [-0.2, -0.15) is 4.39 Å². The van der Waals surface area contributed by atoms with Crippen LogP contribution in [0.4, 0.5) is 32.4 Å². The molecule has 0 bridgehead atoms. The number of anilines is 1. The lowest BCUT2D eigenvalue weighted by Crippen LogP contribution is -2.33. The first-order valence-corrected chi connectivity index (χ1v) is 9.59. The predicted octanol–water partition coefficient (Wildman–Crippen LogP) is 4.08. The predicted molar refractivity (Wildman–Crippen MR) is 109 cm³/mol. The molecule has 0 aliphatic heterocycles. The molecular weight excluding hydrogens is 467 g/mol. The number of hydrogen-bond donors (Lipinski definition) is 3. The summed E-state index contributed by atoms with van der Waals surface area (Å²) in [6, 6.07) is 1.52. The number of aromatic nitrogens is 1. The zero-order chi connectivity index (χ0) is 24.8. The summed E-state index contributed by atoms with van der Waals surface area (Å²) in [5.41, 5.74) is 4.55. The van der Waals surface area contributed by atoms with Crippen molar-refractivity contribution in [1.29, 1.82) is 0 Å². The number of carbonyl (C=O) groups is 2. The minimum absolute atomic E-state index is 0.0632. The number of fused-ring (bicyclic) bond motifs is 1. The molecule has 1 aliphatic rings. The van der Waals surface area contributed by atoms with Crippen LogP contribution in [0.1, 0.15) is 16.8 Å². The molecule has 1 saturated carbocycles. The van der Waals surface area contributed by atoms with Crippen molar-refractivity contribution in [2.45, 2.75) is 18.4 Å². The molecule has 1 fully saturated rings. The molecule has 178 valence electrons. The summed E-state index contributed by atoms with van der Waals surface area (Å²) >= 11 is 0. The molecule has 3 amide bonds. The van der Waals surface area contributed by atoms with Crippen molar-refractivity contribution >= 4 is 28.5 Å². The van der Waals surface area contributed by atoms with Crippen LogP contribution >= 0.6 is 0 Å². The van der Waals surface area contributed by atoms with Crippen molar-refractivity contribution in [2.24, 2.45) is 5.73 Å². The highest BCUT2D eigenvalue weighted by molar-refractivity contribution is 6.01. The van der Waals surface area contributed by atoms with Gasteiger partial charge in [0.1, 0.15) is 17.5 Å². The first-order chi connectivity index (χ1) is 16.0. The molecule has 1 aromatic heterocycles. The lowest BCUT2D eigenvalue weighted by atomic mass is 10.1. The van der Waals surface area contributed by atoms with Gasteiger partial charge in [0.05, 0.1) is 23.9 Å². The van der Waals surface area contributed by atoms with Crippen molar-refractivity contribution in [3.05, 3.63) is 53.5 Å². The van der Waals surface area contributed by atoms with Gasteiger partial charge >= 0.3 is 6.03 Å². The highest BCUT2D eigenvalue weighted by Crippen LogP contribution is 2.42. The molecule has 2 aromatic carbocycles. The normalized spacial score (nSPS) is 16.1. The van der Waals surface area contributed by atoms with Gasteiger partial charge in [-0.15, -0.1) is 0 Å². The van der Waals surface area contributed by atoms with Gasteiger partial charge in [0.15, 0.2) is 11.6 Å². The number of halogens is 5. The smallest absolute Gasteiger partial charge is 0.319 e. The van der Waals surface area contributed by atoms with Gasteiger partial charge in [-0.25, -0.2) is 22.4 Å². The Hall–Kier alpha value is -4.16. The number of alkyl halides is 2. The summed E-state index contributed by atoms with van der Waals surface area (Å²) in [7, 11) is 1.30. The van der Waals surface area contributed by atoms with Crippen LogP contribution < -0.4 is 25.8 Å². The van der Waals surface area contributed by atoms with E-state index in [2.05, 4.69) is 4.98 Å². The van der Waals surface area contributed by atoms with E-state index in [-0.39, 0.29) is 28.0 Å². The van der Waals surface area contributed by atoms with Crippen molar-refractivity contribution < 1.29 is 41.0 Å². The van der Waals surface area contributed by atoms with Crippen LogP contribution in [0.15, 0.2) is 30.5 Å². The number of hydrogen-bond acceptors (Lipinski definition) is 5. The van der Waals surface area contributed by atoms with E-state index in [0.29, 0.717) is 6.07 Å². The zero-order valence-electron chi connectivity index (χ0n) is 17.2. The van der Waals surface area contributed by atoms with E-state index >= 15 is 0 Å². The molecule has 1 aliphatic carbocycles. The van der Waals surface area contributed by atoms with Gasteiger partial charge in [0.25, 0.3) is 11.8 Å². The SMILES string of the molecule is COc1cc2nccc(Oc3c(F)cc(NC(=O)NC4CC4(F)F)c(F)c3F)c2cc1C(N)=O. The minimum atomic E-state index is -3.09. The second-order valence-electron chi connectivity index (χ2n) is 7.32. The van der Waals surface area contributed by atoms with Crippen LogP contribution in [0.5, 0.6) is 17.2 Å². The second kappa shape index (κ2) is 8.32. The number of nitrogens with zero attached hydrogens (tertiary/aromatic N) is 1. The number of nitrogens with two attached hydrogens (primary N) is 1. The molecule has 13 heteroatoms. The van der Waals surface area contributed by atoms with E-state index in [1.165, 1.54) is 31.5 Å². The third-order valence-electron chi connectivity index (χ3n) is 5.00. The molecule has 3 aromatic rings. The highest BCUT2D eigenvalue weighted by atomic mass is 19.3. The molecule has 4 N–H and O–H groups in total. The lowest BCUT2D eigenvalue weighted by molar-refractivity contribution is 0.0997. The number of carbonyl (C=O) groups excluding carboxylic acids is 2. The highest BCUT2D eigenvalue weighted by Gasteiger charge is 2.58. The number of nitrogens with one attached hydrogen (secondary N) is 2. The Bertz CT molecular complexity index is 1330. The van der Waals surface area contributed by atoms with Gasteiger partial charge in [0.2, 0.25) is 11.6 Å². The molecule has 1 heterocycles. The van der Waals surface area contributed by atoms with E-state index < -0.39 is 59.2 Å². The minimum Gasteiger partial charge on any atom is -0.496 e. The number of amides is 3. The number of benzene rings is 2. The van der Waals surface area contributed by atoms with Crippen LogP contribution in [0.25, 0.3) is 10.9 Å². The standard InChI is InChI=1S/C21H15F5N4O4/c1-33-14-6-11-8(4-9(14)19(27)31)13(2-3-28-11)34-18-10(22)5-12(16(23)17(18)24)29-20(32)30-15-7-21(15,25)26/h2-6,15H,7H2,1H3,(H2,27,31)(H2,29,30,32). The van der Waals surface area contributed by atoms with Crippen LogP contribution in [-0.4, -0.2) is 36.0 Å². The fourth-order valence-corrected chi connectivity index (χ4v) is 3.16. The van der Waals surface area contributed by atoms with Crippen molar-refractivity contribution in [3.8, 4) is 17.2 Å². The Morgan fingerprint density at radius 1 is 1.15 bits per heavy atom. The summed E-state index contributed by atoms with van der Waals surface area (Å²) in [6.45, 7) is 0. The molecule has 1 atom stereocenters. The van der Waals surface area contributed by atoms with Crippen LogP contribution in [0, 0.1) is 17.5 Å². The number of pyridine rings is 1. The van der Waals surface area contributed by atoms with E-state index in [4.69, 9.17) is 15.2 Å².